The Kier molecular flexibility index (Phi) is 4.74. The van der Waals surface area contributed by atoms with Gasteiger partial charge in [-0.2, -0.15) is 0 Å². The molecule has 2 N–H and O–H groups in total. The molecule has 3 nitrogen and oxygen atoms in total. The molecule has 0 saturated heterocycles. The van der Waals surface area contributed by atoms with Crippen LogP contribution in [0.15, 0.2) is 30.5 Å². The zero-order valence-electron chi connectivity index (χ0n) is 12.0. The van der Waals surface area contributed by atoms with Gasteiger partial charge in [-0.15, -0.1) is 0 Å². The van der Waals surface area contributed by atoms with Crippen LogP contribution in [0.25, 0.3) is 11.3 Å². The van der Waals surface area contributed by atoms with E-state index < -0.39 is 0 Å². The fraction of sp³-hybridized carbons (Fsp3) is 0.438. The van der Waals surface area contributed by atoms with Crippen molar-refractivity contribution in [3.63, 3.8) is 0 Å². The van der Waals surface area contributed by atoms with E-state index in [1.165, 1.54) is 11.1 Å². The number of nitrogens with zero attached hydrogens (tertiary/aromatic N) is 1. The quantitative estimate of drug-likeness (QED) is 0.833. The minimum absolute atomic E-state index is 0.699. The van der Waals surface area contributed by atoms with Gasteiger partial charge >= 0.3 is 0 Å². The fourth-order valence-electron chi connectivity index (χ4n) is 2.13. The number of nitrogens with one attached hydrogen (secondary N) is 2. The van der Waals surface area contributed by atoms with Crippen molar-refractivity contribution in [2.75, 3.05) is 6.54 Å². The molecule has 2 aromatic rings. The van der Waals surface area contributed by atoms with E-state index in [-0.39, 0.29) is 0 Å². The molecule has 0 spiro atoms. The van der Waals surface area contributed by atoms with Gasteiger partial charge in [-0.3, -0.25) is 0 Å². The van der Waals surface area contributed by atoms with E-state index in [1.54, 1.807) is 0 Å². The Morgan fingerprint density at radius 2 is 1.95 bits per heavy atom. The van der Waals surface area contributed by atoms with E-state index in [0.29, 0.717) is 5.92 Å². The highest BCUT2D eigenvalue weighted by Crippen LogP contribution is 2.19. The standard InChI is InChI=1S/C16H23N3/c1-4-17-11-16-18-10-15(19-16)14-7-5-13(6-8-14)9-12(2)3/h5-8,10,12,17H,4,9,11H2,1-3H3,(H,18,19). The molecule has 0 fully saturated rings. The van der Waals surface area contributed by atoms with Crippen molar-refractivity contribution < 1.29 is 0 Å². The zero-order valence-corrected chi connectivity index (χ0v) is 12.0. The molecule has 0 radical (unpaired) electrons. The third-order valence-corrected chi connectivity index (χ3v) is 3.08. The molecule has 102 valence electrons. The van der Waals surface area contributed by atoms with Gasteiger partial charge in [0.25, 0.3) is 0 Å². The Morgan fingerprint density at radius 1 is 1.21 bits per heavy atom. The predicted octanol–water partition coefficient (Wildman–Crippen LogP) is 3.38. The summed E-state index contributed by atoms with van der Waals surface area (Å²) < 4.78 is 0. The van der Waals surface area contributed by atoms with Crippen molar-refractivity contribution in [3.8, 4) is 11.3 Å². The first-order valence-corrected chi connectivity index (χ1v) is 7.03. The normalized spacial score (nSPS) is 11.2. The Labute approximate surface area is 115 Å². The molecule has 1 heterocycles. The first-order valence-electron chi connectivity index (χ1n) is 7.03. The molecule has 3 heteroatoms. The van der Waals surface area contributed by atoms with Gasteiger partial charge < -0.3 is 10.3 Å². The third kappa shape index (κ3) is 3.93. The Bertz CT molecular complexity index is 497. The van der Waals surface area contributed by atoms with Crippen LogP contribution in [0, 0.1) is 5.92 Å². The molecular weight excluding hydrogens is 234 g/mol. The highest BCUT2D eigenvalue weighted by molar-refractivity contribution is 5.58. The Balaban J connectivity index is 2.07. The van der Waals surface area contributed by atoms with E-state index in [4.69, 9.17) is 0 Å². The molecule has 0 atom stereocenters. The number of H-pyrrole nitrogens is 1. The van der Waals surface area contributed by atoms with Crippen molar-refractivity contribution in [1.82, 2.24) is 15.3 Å². The lowest BCUT2D eigenvalue weighted by atomic mass is 10.0. The van der Waals surface area contributed by atoms with Crippen LogP contribution in [0.3, 0.4) is 0 Å². The molecule has 2 rings (SSSR count). The van der Waals surface area contributed by atoms with E-state index in [2.05, 4.69) is 60.3 Å². The van der Waals surface area contributed by atoms with E-state index >= 15 is 0 Å². The van der Waals surface area contributed by atoms with Crippen molar-refractivity contribution in [2.24, 2.45) is 5.92 Å². The number of aromatic nitrogens is 2. The largest absolute Gasteiger partial charge is 0.341 e. The smallest absolute Gasteiger partial charge is 0.120 e. The van der Waals surface area contributed by atoms with Crippen molar-refractivity contribution >= 4 is 0 Å². The Morgan fingerprint density at radius 3 is 2.58 bits per heavy atom. The van der Waals surface area contributed by atoms with Crippen LogP contribution in [0.4, 0.5) is 0 Å². The summed E-state index contributed by atoms with van der Waals surface area (Å²) in [7, 11) is 0. The summed E-state index contributed by atoms with van der Waals surface area (Å²) in [5.41, 5.74) is 3.68. The second-order valence-electron chi connectivity index (χ2n) is 5.32. The van der Waals surface area contributed by atoms with Crippen LogP contribution >= 0.6 is 0 Å². The summed E-state index contributed by atoms with van der Waals surface area (Å²) in [5, 5.41) is 3.27. The van der Waals surface area contributed by atoms with Gasteiger partial charge in [0.2, 0.25) is 0 Å². The summed E-state index contributed by atoms with van der Waals surface area (Å²) in [5.74, 6) is 1.69. The van der Waals surface area contributed by atoms with Gasteiger partial charge in [-0.25, -0.2) is 4.98 Å². The summed E-state index contributed by atoms with van der Waals surface area (Å²) in [6.07, 6.45) is 3.04. The molecule has 0 aliphatic rings. The lowest BCUT2D eigenvalue weighted by molar-refractivity contribution is 0.647. The second kappa shape index (κ2) is 6.53. The molecule has 1 aromatic heterocycles. The second-order valence-corrected chi connectivity index (χ2v) is 5.32. The number of hydrogen-bond acceptors (Lipinski definition) is 2. The topological polar surface area (TPSA) is 40.7 Å². The predicted molar refractivity (Wildman–Crippen MR) is 79.9 cm³/mol. The number of benzene rings is 1. The van der Waals surface area contributed by atoms with Crippen molar-refractivity contribution in [1.29, 1.82) is 0 Å². The lowest BCUT2D eigenvalue weighted by Crippen LogP contribution is -2.12. The number of aromatic amines is 1. The minimum Gasteiger partial charge on any atom is -0.341 e. The van der Waals surface area contributed by atoms with Gasteiger partial charge in [-0.05, 0) is 30.0 Å². The third-order valence-electron chi connectivity index (χ3n) is 3.08. The van der Waals surface area contributed by atoms with Crippen LogP contribution in [-0.2, 0) is 13.0 Å². The summed E-state index contributed by atoms with van der Waals surface area (Å²) in [4.78, 5) is 7.73. The highest BCUT2D eigenvalue weighted by Gasteiger charge is 2.03. The first-order chi connectivity index (χ1) is 9.19. The summed E-state index contributed by atoms with van der Waals surface area (Å²) in [6.45, 7) is 8.34. The van der Waals surface area contributed by atoms with Crippen LogP contribution in [-0.4, -0.2) is 16.5 Å². The van der Waals surface area contributed by atoms with Crippen LogP contribution < -0.4 is 5.32 Å². The van der Waals surface area contributed by atoms with Gasteiger partial charge in [-0.1, -0.05) is 45.0 Å². The maximum Gasteiger partial charge on any atom is 0.120 e. The maximum atomic E-state index is 4.38. The fourth-order valence-corrected chi connectivity index (χ4v) is 2.13. The molecule has 0 unspecified atom stereocenters. The van der Waals surface area contributed by atoms with Gasteiger partial charge in [0, 0.05) is 0 Å². The zero-order chi connectivity index (χ0) is 13.7. The van der Waals surface area contributed by atoms with Crippen molar-refractivity contribution in [2.45, 2.75) is 33.7 Å². The van der Waals surface area contributed by atoms with Gasteiger partial charge in [0.15, 0.2) is 0 Å². The Hall–Kier alpha value is -1.61. The minimum atomic E-state index is 0.699. The summed E-state index contributed by atoms with van der Waals surface area (Å²) in [6, 6.07) is 8.75. The van der Waals surface area contributed by atoms with Crippen LogP contribution in [0.5, 0.6) is 0 Å². The molecule has 0 amide bonds. The molecule has 1 aromatic carbocycles. The van der Waals surface area contributed by atoms with E-state index in [1.807, 2.05) is 6.20 Å². The number of imidazole rings is 1. The van der Waals surface area contributed by atoms with Gasteiger partial charge in [0.1, 0.15) is 5.82 Å². The monoisotopic (exact) mass is 257 g/mol. The SMILES string of the molecule is CCNCc1ncc(-c2ccc(CC(C)C)cc2)[nH]1. The average molecular weight is 257 g/mol. The van der Waals surface area contributed by atoms with E-state index in [9.17, 15) is 0 Å². The lowest BCUT2D eigenvalue weighted by Gasteiger charge is -2.05. The number of rotatable bonds is 6. The molecule has 19 heavy (non-hydrogen) atoms. The summed E-state index contributed by atoms with van der Waals surface area (Å²) >= 11 is 0. The van der Waals surface area contributed by atoms with Crippen molar-refractivity contribution in [3.05, 3.63) is 41.9 Å². The number of hydrogen-bond donors (Lipinski definition) is 2. The molecule has 0 aliphatic carbocycles. The van der Waals surface area contributed by atoms with Crippen LogP contribution in [0.1, 0.15) is 32.2 Å². The highest BCUT2D eigenvalue weighted by atomic mass is 15.0. The molecule has 0 aliphatic heterocycles. The molecular formula is C16H23N3. The van der Waals surface area contributed by atoms with E-state index in [0.717, 1.165) is 31.0 Å². The van der Waals surface area contributed by atoms with Crippen LogP contribution in [0.2, 0.25) is 0 Å². The molecule has 0 bridgehead atoms. The maximum absolute atomic E-state index is 4.38. The van der Waals surface area contributed by atoms with Gasteiger partial charge in [0.05, 0.1) is 18.4 Å². The first kappa shape index (κ1) is 13.8. The average Bonchev–Trinajstić information content (AvgIpc) is 2.85. The molecule has 0 saturated carbocycles.